The first-order valence-electron chi connectivity index (χ1n) is 6.07. The molecule has 0 saturated carbocycles. The van der Waals surface area contributed by atoms with Crippen molar-refractivity contribution in [1.29, 1.82) is 0 Å². The minimum Gasteiger partial charge on any atom is -0.491 e. The van der Waals surface area contributed by atoms with E-state index in [0.717, 1.165) is 23.6 Å². The van der Waals surface area contributed by atoms with Gasteiger partial charge < -0.3 is 15.8 Å². The van der Waals surface area contributed by atoms with E-state index in [9.17, 15) is 4.79 Å². The van der Waals surface area contributed by atoms with Crippen molar-refractivity contribution >= 4 is 23.4 Å². The number of carbonyl (C=O) groups excluding carboxylic acids is 1. The molecule has 0 spiro atoms. The van der Waals surface area contributed by atoms with E-state index in [0.29, 0.717) is 18.9 Å². The summed E-state index contributed by atoms with van der Waals surface area (Å²) in [6.45, 7) is 3.29. The second-order valence-electron chi connectivity index (χ2n) is 3.73. The highest BCUT2D eigenvalue weighted by atomic mass is 32.2. The third-order valence-corrected chi connectivity index (χ3v) is 3.11. The number of rotatable bonds is 8. The molecule has 0 unspecified atom stereocenters. The predicted molar refractivity (Wildman–Crippen MR) is 77.2 cm³/mol. The smallest absolute Gasteiger partial charge is 0.234 e. The molecule has 5 heteroatoms. The molecule has 4 nitrogen and oxygen atoms in total. The van der Waals surface area contributed by atoms with Gasteiger partial charge in [0, 0.05) is 12.3 Å². The maximum Gasteiger partial charge on any atom is 0.234 e. The van der Waals surface area contributed by atoms with Crippen molar-refractivity contribution in [1.82, 2.24) is 0 Å². The molecule has 0 aliphatic carbocycles. The van der Waals surface area contributed by atoms with E-state index in [1.807, 2.05) is 31.2 Å². The van der Waals surface area contributed by atoms with Gasteiger partial charge >= 0.3 is 0 Å². The van der Waals surface area contributed by atoms with Gasteiger partial charge in [0.05, 0.1) is 18.0 Å². The van der Waals surface area contributed by atoms with Gasteiger partial charge in [-0.2, -0.15) is 11.8 Å². The fourth-order valence-corrected chi connectivity index (χ4v) is 1.91. The van der Waals surface area contributed by atoms with Crippen molar-refractivity contribution in [3.05, 3.63) is 24.3 Å². The fraction of sp³-hybridized carbons (Fsp3) is 0.462. The minimum atomic E-state index is -0.0269. The number of anilines is 1. The highest BCUT2D eigenvalue weighted by molar-refractivity contribution is 7.99. The average molecular weight is 268 g/mol. The van der Waals surface area contributed by atoms with Crippen LogP contribution in [-0.4, -0.2) is 30.6 Å². The lowest BCUT2D eigenvalue weighted by Crippen LogP contribution is -2.16. The van der Waals surface area contributed by atoms with E-state index in [2.05, 4.69) is 5.32 Å². The summed E-state index contributed by atoms with van der Waals surface area (Å²) in [5, 5.41) is 2.85. The van der Waals surface area contributed by atoms with Crippen LogP contribution in [0.1, 0.15) is 13.3 Å². The van der Waals surface area contributed by atoms with Crippen LogP contribution in [0.2, 0.25) is 0 Å². The van der Waals surface area contributed by atoms with Gasteiger partial charge in [0.2, 0.25) is 5.91 Å². The molecule has 0 bridgehead atoms. The summed E-state index contributed by atoms with van der Waals surface area (Å²) in [6.07, 6.45) is 0.939. The first-order chi connectivity index (χ1) is 8.77. The van der Waals surface area contributed by atoms with Crippen molar-refractivity contribution in [3.8, 4) is 5.75 Å². The van der Waals surface area contributed by atoms with Crippen molar-refractivity contribution in [2.24, 2.45) is 5.73 Å². The lowest BCUT2D eigenvalue weighted by Gasteiger charge is -2.11. The molecule has 0 atom stereocenters. The van der Waals surface area contributed by atoms with Gasteiger partial charge in [-0.15, -0.1) is 0 Å². The van der Waals surface area contributed by atoms with Crippen LogP contribution in [0.4, 0.5) is 5.69 Å². The normalized spacial score (nSPS) is 10.1. The highest BCUT2D eigenvalue weighted by Gasteiger charge is 2.07. The Morgan fingerprint density at radius 1 is 1.44 bits per heavy atom. The van der Waals surface area contributed by atoms with Gasteiger partial charge in [0.25, 0.3) is 0 Å². The van der Waals surface area contributed by atoms with Crippen LogP contribution in [0, 0.1) is 0 Å². The molecular weight excluding hydrogens is 248 g/mol. The van der Waals surface area contributed by atoms with Crippen molar-refractivity contribution < 1.29 is 9.53 Å². The first-order valence-corrected chi connectivity index (χ1v) is 7.23. The zero-order chi connectivity index (χ0) is 13.2. The van der Waals surface area contributed by atoms with Gasteiger partial charge in [0.15, 0.2) is 0 Å². The topological polar surface area (TPSA) is 64.3 Å². The quantitative estimate of drug-likeness (QED) is 0.709. The molecule has 0 saturated heterocycles. The van der Waals surface area contributed by atoms with E-state index in [4.69, 9.17) is 10.5 Å². The summed E-state index contributed by atoms with van der Waals surface area (Å²) < 4.78 is 5.57. The van der Waals surface area contributed by atoms with Crippen LogP contribution >= 0.6 is 11.8 Å². The Labute approximate surface area is 112 Å². The van der Waals surface area contributed by atoms with Crippen LogP contribution in [-0.2, 0) is 4.79 Å². The Bertz CT molecular complexity index is 372. The van der Waals surface area contributed by atoms with Gasteiger partial charge in [-0.3, -0.25) is 4.79 Å². The Kier molecular flexibility index (Phi) is 7.29. The first kappa shape index (κ1) is 14.9. The molecule has 0 aromatic heterocycles. The zero-order valence-electron chi connectivity index (χ0n) is 10.6. The second-order valence-corrected chi connectivity index (χ2v) is 4.84. The number of amides is 1. The molecule has 3 N–H and O–H groups in total. The molecule has 100 valence electrons. The van der Waals surface area contributed by atoms with E-state index < -0.39 is 0 Å². The molecule has 0 aliphatic rings. The number of nitrogens with two attached hydrogens (primary N) is 1. The van der Waals surface area contributed by atoms with E-state index in [1.165, 1.54) is 11.8 Å². The molecule has 0 radical (unpaired) electrons. The predicted octanol–water partition coefficient (Wildman–Crippen LogP) is 2.11. The zero-order valence-corrected chi connectivity index (χ0v) is 11.5. The maximum atomic E-state index is 11.7. The lowest BCUT2D eigenvalue weighted by molar-refractivity contribution is -0.113. The van der Waals surface area contributed by atoms with Crippen molar-refractivity contribution in [2.45, 2.75) is 13.3 Å². The van der Waals surface area contributed by atoms with Gasteiger partial charge in [-0.05, 0) is 18.6 Å². The van der Waals surface area contributed by atoms with Crippen LogP contribution in [0.5, 0.6) is 5.75 Å². The summed E-state index contributed by atoms with van der Waals surface area (Å²) >= 11 is 1.53. The number of thioether (sulfide) groups is 1. The van der Waals surface area contributed by atoms with E-state index in [-0.39, 0.29) is 5.91 Å². The summed E-state index contributed by atoms with van der Waals surface area (Å²) in [4.78, 5) is 11.7. The number of benzene rings is 1. The Morgan fingerprint density at radius 3 is 2.94 bits per heavy atom. The van der Waals surface area contributed by atoms with Gasteiger partial charge in [0.1, 0.15) is 5.75 Å². The number of hydrogen-bond donors (Lipinski definition) is 2. The highest BCUT2D eigenvalue weighted by Crippen LogP contribution is 2.23. The van der Waals surface area contributed by atoms with Gasteiger partial charge in [-0.25, -0.2) is 0 Å². The maximum absolute atomic E-state index is 11.7. The largest absolute Gasteiger partial charge is 0.491 e. The summed E-state index contributed by atoms with van der Waals surface area (Å²) in [7, 11) is 0. The van der Waals surface area contributed by atoms with Crippen LogP contribution < -0.4 is 15.8 Å². The molecule has 1 aromatic rings. The standard InChI is InChI=1S/C13H20N2O2S/c1-2-8-17-12-6-4-3-5-11(12)15-13(16)10-18-9-7-14/h3-6H,2,7-10,14H2,1H3,(H,15,16). The van der Waals surface area contributed by atoms with Gasteiger partial charge in [-0.1, -0.05) is 19.1 Å². The molecule has 1 aromatic carbocycles. The number of ether oxygens (including phenoxy) is 1. The Hall–Kier alpha value is -1.20. The number of para-hydroxylation sites is 2. The van der Waals surface area contributed by atoms with Crippen LogP contribution in [0.15, 0.2) is 24.3 Å². The average Bonchev–Trinajstić information content (AvgIpc) is 2.38. The number of hydrogen-bond acceptors (Lipinski definition) is 4. The molecule has 0 aliphatic heterocycles. The third kappa shape index (κ3) is 5.42. The van der Waals surface area contributed by atoms with E-state index in [1.54, 1.807) is 0 Å². The van der Waals surface area contributed by atoms with E-state index >= 15 is 0 Å². The minimum absolute atomic E-state index is 0.0269. The lowest BCUT2D eigenvalue weighted by atomic mass is 10.3. The fourth-order valence-electron chi connectivity index (χ4n) is 1.34. The summed E-state index contributed by atoms with van der Waals surface area (Å²) in [5.41, 5.74) is 6.10. The third-order valence-electron chi connectivity index (χ3n) is 2.12. The molecule has 18 heavy (non-hydrogen) atoms. The number of nitrogens with one attached hydrogen (secondary N) is 1. The molecular formula is C13H20N2O2S. The molecule has 1 rings (SSSR count). The Morgan fingerprint density at radius 2 is 2.22 bits per heavy atom. The Balaban J connectivity index is 2.51. The van der Waals surface area contributed by atoms with Crippen molar-refractivity contribution in [3.63, 3.8) is 0 Å². The SMILES string of the molecule is CCCOc1ccccc1NC(=O)CSCCN. The monoisotopic (exact) mass is 268 g/mol. The van der Waals surface area contributed by atoms with Crippen molar-refractivity contribution in [2.75, 3.05) is 30.0 Å². The second kappa shape index (κ2) is 8.83. The molecule has 0 fully saturated rings. The molecule has 1 amide bonds. The summed E-state index contributed by atoms with van der Waals surface area (Å²) in [5.74, 6) is 1.90. The summed E-state index contributed by atoms with van der Waals surface area (Å²) in [6, 6.07) is 7.47. The molecule has 0 heterocycles. The number of carbonyl (C=O) groups is 1. The van der Waals surface area contributed by atoms with Crippen LogP contribution in [0.25, 0.3) is 0 Å². The van der Waals surface area contributed by atoms with Crippen LogP contribution in [0.3, 0.4) is 0 Å².